The number of methoxy groups -OCH3 is 1. The molecular weight excluding hydrogens is 323 g/mol. The third kappa shape index (κ3) is 3.89. The third-order valence-electron chi connectivity index (χ3n) is 3.51. The topological polar surface area (TPSA) is 69.0 Å². The lowest BCUT2D eigenvalue weighted by atomic mass is 10.2. The summed E-state index contributed by atoms with van der Waals surface area (Å²) in [6.45, 7) is 0.761. The summed E-state index contributed by atoms with van der Waals surface area (Å²) in [6.07, 6.45) is 0. The van der Waals surface area contributed by atoms with Crippen LogP contribution in [0.2, 0.25) is 0 Å². The molecule has 0 saturated carbocycles. The lowest BCUT2D eigenvalue weighted by molar-refractivity contribution is 0.0927. The van der Waals surface area contributed by atoms with Crippen molar-refractivity contribution in [2.45, 2.75) is 0 Å². The van der Waals surface area contributed by atoms with Gasteiger partial charge in [0, 0.05) is 19.2 Å². The normalized spacial score (nSPS) is 10.6. The second kappa shape index (κ2) is 7.67. The van der Waals surface area contributed by atoms with Gasteiger partial charge in [-0.05, 0) is 24.3 Å². The number of aromatic nitrogens is 3. The molecule has 2 aromatic carbocycles. The fourth-order valence-electron chi connectivity index (χ4n) is 2.29. The van der Waals surface area contributed by atoms with E-state index >= 15 is 0 Å². The molecule has 0 atom stereocenters. The molecule has 7 heteroatoms. The van der Waals surface area contributed by atoms with Gasteiger partial charge in [-0.2, -0.15) is 0 Å². The van der Waals surface area contributed by atoms with E-state index in [2.05, 4.69) is 15.4 Å². The fraction of sp³-hybridized carbons (Fsp3) is 0.167. The molecule has 0 aliphatic heterocycles. The zero-order chi connectivity index (χ0) is 17.6. The number of carbonyl (C=O) groups is 1. The van der Waals surface area contributed by atoms with Crippen molar-refractivity contribution in [3.63, 3.8) is 0 Å². The van der Waals surface area contributed by atoms with E-state index in [4.69, 9.17) is 4.74 Å². The molecule has 1 N–H and O–H groups in total. The smallest absolute Gasteiger partial charge is 0.291 e. The molecule has 3 rings (SSSR count). The summed E-state index contributed by atoms with van der Waals surface area (Å²) < 4.78 is 19.6. The first-order valence-electron chi connectivity index (χ1n) is 7.74. The highest BCUT2D eigenvalue weighted by Gasteiger charge is 2.18. The molecule has 0 saturated heterocycles. The van der Waals surface area contributed by atoms with Gasteiger partial charge >= 0.3 is 0 Å². The number of amides is 1. The molecule has 6 nitrogen and oxygen atoms in total. The minimum Gasteiger partial charge on any atom is -0.383 e. The van der Waals surface area contributed by atoms with Crippen molar-refractivity contribution in [3.05, 3.63) is 66.2 Å². The first kappa shape index (κ1) is 16.8. The quantitative estimate of drug-likeness (QED) is 0.700. The van der Waals surface area contributed by atoms with E-state index in [0.717, 1.165) is 5.56 Å². The van der Waals surface area contributed by atoms with Crippen LogP contribution >= 0.6 is 0 Å². The monoisotopic (exact) mass is 340 g/mol. The molecule has 1 heterocycles. The minimum absolute atomic E-state index is 0.0410. The van der Waals surface area contributed by atoms with Crippen LogP contribution in [-0.2, 0) is 4.74 Å². The Balaban J connectivity index is 2.00. The van der Waals surface area contributed by atoms with Crippen molar-refractivity contribution in [2.75, 3.05) is 20.3 Å². The Hall–Kier alpha value is -3.06. The van der Waals surface area contributed by atoms with Gasteiger partial charge in [0.25, 0.3) is 5.91 Å². The van der Waals surface area contributed by atoms with Crippen molar-refractivity contribution in [1.29, 1.82) is 0 Å². The van der Waals surface area contributed by atoms with Crippen LogP contribution in [0.3, 0.4) is 0 Å². The third-order valence-corrected chi connectivity index (χ3v) is 3.51. The predicted octanol–water partition coefficient (Wildman–Crippen LogP) is 2.45. The Morgan fingerprint density at radius 2 is 1.88 bits per heavy atom. The summed E-state index contributed by atoms with van der Waals surface area (Å²) in [7, 11) is 1.56. The second-order valence-electron chi connectivity index (χ2n) is 5.26. The Morgan fingerprint density at radius 3 is 2.56 bits per heavy atom. The van der Waals surface area contributed by atoms with Crippen LogP contribution in [0.4, 0.5) is 4.39 Å². The van der Waals surface area contributed by atoms with Gasteiger partial charge in [0.05, 0.1) is 12.3 Å². The van der Waals surface area contributed by atoms with E-state index in [1.807, 2.05) is 30.3 Å². The maximum Gasteiger partial charge on any atom is 0.291 e. The number of hydrogen-bond acceptors (Lipinski definition) is 4. The number of nitrogens with one attached hydrogen (secondary N) is 1. The highest BCUT2D eigenvalue weighted by atomic mass is 19.1. The predicted molar refractivity (Wildman–Crippen MR) is 91.0 cm³/mol. The molecule has 1 aromatic heterocycles. The molecule has 25 heavy (non-hydrogen) atoms. The molecule has 3 aromatic rings. The highest BCUT2D eigenvalue weighted by Crippen LogP contribution is 2.21. The zero-order valence-corrected chi connectivity index (χ0v) is 13.6. The van der Waals surface area contributed by atoms with Crippen LogP contribution in [0.25, 0.3) is 17.1 Å². The maximum atomic E-state index is 13.2. The average molecular weight is 340 g/mol. The van der Waals surface area contributed by atoms with Crippen molar-refractivity contribution in [3.8, 4) is 17.1 Å². The number of carbonyl (C=O) groups excluding carboxylic acids is 1. The average Bonchev–Trinajstić information content (AvgIpc) is 3.09. The van der Waals surface area contributed by atoms with Crippen LogP contribution in [0, 0.1) is 5.82 Å². The molecule has 0 aliphatic rings. The standard InChI is InChI=1S/C18H17FN4O2/c1-25-12-11-20-18(24)16-21-17(13-5-3-2-4-6-13)23(22-16)15-9-7-14(19)8-10-15/h2-10H,11-12H2,1H3,(H,20,24). The van der Waals surface area contributed by atoms with E-state index < -0.39 is 5.91 Å². The van der Waals surface area contributed by atoms with Gasteiger partial charge < -0.3 is 10.1 Å². The molecule has 0 unspecified atom stereocenters. The number of nitrogens with zero attached hydrogens (tertiary/aromatic N) is 3. The molecule has 0 aliphatic carbocycles. The number of ether oxygens (including phenoxy) is 1. The fourth-order valence-corrected chi connectivity index (χ4v) is 2.29. The lowest BCUT2D eigenvalue weighted by Gasteiger charge is -2.05. The van der Waals surface area contributed by atoms with Gasteiger partial charge in [-0.25, -0.2) is 14.1 Å². The number of halogens is 1. The molecule has 128 valence electrons. The van der Waals surface area contributed by atoms with Crippen LogP contribution < -0.4 is 5.32 Å². The number of benzene rings is 2. The summed E-state index contributed by atoms with van der Waals surface area (Å²) in [5.74, 6) is -0.193. The Morgan fingerprint density at radius 1 is 1.16 bits per heavy atom. The summed E-state index contributed by atoms with van der Waals surface area (Å²) in [6, 6.07) is 15.2. The summed E-state index contributed by atoms with van der Waals surface area (Å²) >= 11 is 0. The van der Waals surface area contributed by atoms with Crippen LogP contribution in [0.1, 0.15) is 10.6 Å². The Kier molecular flexibility index (Phi) is 5.15. The number of rotatable bonds is 6. The van der Waals surface area contributed by atoms with E-state index in [1.54, 1.807) is 19.2 Å². The van der Waals surface area contributed by atoms with Gasteiger partial charge in [0.1, 0.15) is 5.82 Å². The van der Waals surface area contributed by atoms with E-state index in [-0.39, 0.29) is 11.6 Å². The SMILES string of the molecule is COCCNC(=O)c1nc(-c2ccccc2)n(-c2ccc(F)cc2)n1. The molecule has 0 spiro atoms. The summed E-state index contributed by atoms with van der Waals surface area (Å²) in [5, 5.41) is 6.99. The second-order valence-corrected chi connectivity index (χ2v) is 5.26. The summed E-state index contributed by atoms with van der Waals surface area (Å²) in [4.78, 5) is 16.6. The molecule has 0 radical (unpaired) electrons. The van der Waals surface area contributed by atoms with Gasteiger partial charge in [-0.1, -0.05) is 30.3 Å². The first-order chi connectivity index (χ1) is 12.2. The Bertz CT molecular complexity index is 847. The highest BCUT2D eigenvalue weighted by molar-refractivity contribution is 5.91. The largest absolute Gasteiger partial charge is 0.383 e. The van der Waals surface area contributed by atoms with Crippen LogP contribution in [0.15, 0.2) is 54.6 Å². The zero-order valence-electron chi connectivity index (χ0n) is 13.6. The van der Waals surface area contributed by atoms with Crippen LogP contribution in [-0.4, -0.2) is 40.9 Å². The van der Waals surface area contributed by atoms with Gasteiger partial charge in [-0.3, -0.25) is 4.79 Å². The van der Waals surface area contributed by atoms with Crippen molar-refractivity contribution in [2.24, 2.45) is 0 Å². The van der Waals surface area contributed by atoms with E-state index in [0.29, 0.717) is 24.7 Å². The molecular formula is C18H17FN4O2. The van der Waals surface area contributed by atoms with Crippen molar-refractivity contribution >= 4 is 5.91 Å². The summed E-state index contributed by atoms with van der Waals surface area (Å²) in [5.41, 5.74) is 1.42. The number of hydrogen-bond donors (Lipinski definition) is 1. The van der Waals surface area contributed by atoms with Crippen molar-refractivity contribution < 1.29 is 13.9 Å². The van der Waals surface area contributed by atoms with Gasteiger partial charge in [-0.15, -0.1) is 5.10 Å². The first-order valence-corrected chi connectivity index (χ1v) is 7.74. The minimum atomic E-state index is -0.393. The lowest BCUT2D eigenvalue weighted by Crippen LogP contribution is -2.28. The molecule has 0 bridgehead atoms. The van der Waals surface area contributed by atoms with Gasteiger partial charge in [0.2, 0.25) is 5.82 Å². The van der Waals surface area contributed by atoms with Crippen LogP contribution in [0.5, 0.6) is 0 Å². The van der Waals surface area contributed by atoms with E-state index in [1.165, 1.54) is 16.8 Å². The van der Waals surface area contributed by atoms with Crippen molar-refractivity contribution in [1.82, 2.24) is 20.1 Å². The molecule has 1 amide bonds. The Labute approximate surface area is 144 Å². The molecule has 0 fully saturated rings. The maximum absolute atomic E-state index is 13.2. The van der Waals surface area contributed by atoms with Gasteiger partial charge in [0.15, 0.2) is 5.82 Å². The van der Waals surface area contributed by atoms with E-state index in [9.17, 15) is 9.18 Å².